The van der Waals surface area contributed by atoms with Gasteiger partial charge in [0.15, 0.2) is 5.78 Å². The Balaban J connectivity index is 3.38. The lowest BCUT2D eigenvalue weighted by molar-refractivity contribution is -0.167. The Hall–Kier alpha value is -2.32. The first kappa shape index (κ1) is 23.7. The fourth-order valence-electron chi connectivity index (χ4n) is 2.80. The Labute approximate surface area is 166 Å². The minimum atomic E-state index is -1.99. The summed E-state index contributed by atoms with van der Waals surface area (Å²) < 4.78 is 15.6. The van der Waals surface area contributed by atoms with Gasteiger partial charge < -0.3 is 14.2 Å². The fourth-order valence-corrected chi connectivity index (χ4v) is 2.80. The lowest BCUT2D eigenvalue weighted by atomic mass is 9.80. The van der Waals surface area contributed by atoms with Crippen LogP contribution in [0.15, 0.2) is 0 Å². The van der Waals surface area contributed by atoms with Gasteiger partial charge in [-0.15, -0.1) is 0 Å². The van der Waals surface area contributed by atoms with Gasteiger partial charge in [0.25, 0.3) is 0 Å². The Bertz CT molecular complexity index is 619. The molecule has 9 nitrogen and oxygen atoms in total. The molecule has 1 saturated carbocycles. The monoisotopic (exact) mass is 400 g/mol. The van der Waals surface area contributed by atoms with Gasteiger partial charge in [-0.25, -0.2) is 19.8 Å². The van der Waals surface area contributed by atoms with Crippen LogP contribution in [0.1, 0.15) is 74.1 Å². The summed E-state index contributed by atoms with van der Waals surface area (Å²) >= 11 is 0. The highest BCUT2D eigenvalue weighted by molar-refractivity contribution is 6.11. The molecule has 9 heteroatoms. The van der Waals surface area contributed by atoms with E-state index < -0.39 is 40.7 Å². The van der Waals surface area contributed by atoms with Gasteiger partial charge in [0.05, 0.1) is 6.61 Å². The van der Waals surface area contributed by atoms with E-state index in [1.165, 1.54) is 0 Å². The predicted octanol–water partition coefficient (Wildman–Crippen LogP) is 3.11. The van der Waals surface area contributed by atoms with Crippen LogP contribution in [-0.4, -0.2) is 52.3 Å². The molecular formula is C19H32N2O7. The van der Waals surface area contributed by atoms with Gasteiger partial charge in [0.1, 0.15) is 11.2 Å². The van der Waals surface area contributed by atoms with Gasteiger partial charge in [0.2, 0.25) is 5.54 Å². The van der Waals surface area contributed by atoms with E-state index in [-0.39, 0.29) is 19.4 Å². The third kappa shape index (κ3) is 6.10. The summed E-state index contributed by atoms with van der Waals surface area (Å²) in [5.41, 5.74) is -1.51. The number of hydrogen-bond donors (Lipinski definition) is 1. The smallest absolute Gasteiger partial charge is 0.430 e. The standard InChI is InChI=1S/C19H32N2O7/c1-8-26-14(23)19(12-10-9-11-13(19)22)21(16(25)28-18(5,6)7)20-15(24)27-17(2,3)4/h8-12H2,1-7H3,(H,20,24)/t19-/m1/s1. The second-order valence-electron chi connectivity index (χ2n) is 8.64. The van der Waals surface area contributed by atoms with Crippen molar-refractivity contribution in [3.05, 3.63) is 0 Å². The van der Waals surface area contributed by atoms with Crippen molar-refractivity contribution in [2.24, 2.45) is 0 Å². The van der Waals surface area contributed by atoms with Crippen LogP contribution in [0, 0.1) is 0 Å². The largest absolute Gasteiger partial charge is 0.464 e. The molecule has 0 aromatic heterocycles. The molecule has 0 aliphatic heterocycles. The molecule has 0 aromatic rings. The zero-order valence-electron chi connectivity index (χ0n) is 17.8. The zero-order chi connectivity index (χ0) is 21.8. The van der Waals surface area contributed by atoms with E-state index >= 15 is 0 Å². The van der Waals surface area contributed by atoms with E-state index in [9.17, 15) is 19.2 Å². The topological polar surface area (TPSA) is 111 Å². The molecule has 0 heterocycles. The number of Topliss-reactive ketones (excluding diaryl/α,β-unsaturated/α-hetero) is 1. The van der Waals surface area contributed by atoms with Crippen molar-refractivity contribution in [1.29, 1.82) is 0 Å². The second kappa shape index (κ2) is 8.79. The van der Waals surface area contributed by atoms with Crippen molar-refractivity contribution in [2.45, 2.75) is 90.9 Å². The number of carbonyl (C=O) groups excluding carboxylic acids is 4. The van der Waals surface area contributed by atoms with Crippen LogP contribution < -0.4 is 5.43 Å². The Morgan fingerprint density at radius 2 is 1.61 bits per heavy atom. The summed E-state index contributed by atoms with van der Waals surface area (Å²) in [4.78, 5) is 50.9. The van der Waals surface area contributed by atoms with Crippen LogP contribution in [0.4, 0.5) is 9.59 Å². The molecule has 1 aliphatic rings. The molecule has 0 aromatic carbocycles. The fraction of sp³-hybridized carbons (Fsp3) is 0.789. The van der Waals surface area contributed by atoms with Gasteiger partial charge in [-0.2, -0.15) is 5.01 Å². The first-order valence-corrected chi connectivity index (χ1v) is 9.46. The summed E-state index contributed by atoms with van der Waals surface area (Å²) in [5, 5.41) is 0.645. The third-order valence-electron chi connectivity index (χ3n) is 3.83. The maximum Gasteiger partial charge on any atom is 0.430 e. The van der Waals surface area contributed by atoms with Gasteiger partial charge >= 0.3 is 18.2 Å². The van der Waals surface area contributed by atoms with Gasteiger partial charge in [-0.3, -0.25) is 4.79 Å². The SMILES string of the molecule is CCOC(=O)[C@@]1(N(NC(=O)OC(C)(C)C)C(=O)OC(C)(C)C)CCCCC1=O. The molecule has 1 fully saturated rings. The molecule has 0 spiro atoms. The van der Waals surface area contributed by atoms with E-state index in [1.807, 2.05) is 0 Å². The molecule has 0 unspecified atom stereocenters. The van der Waals surface area contributed by atoms with Crippen LogP contribution in [0.25, 0.3) is 0 Å². The molecular weight excluding hydrogens is 368 g/mol. The molecule has 1 atom stereocenters. The maximum absolute atomic E-state index is 12.9. The number of amides is 2. The van der Waals surface area contributed by atoms with E-state index in [1.54, 1.807) is 48.5 Å². The van der Waals surface area contributed by atoms with Gasteiger partial charge in [-0.1, -0.05) is 0 Å². The number of hydrogen-bond acceptors (Lipinski definition) is 7. The lowest BCUT2D eigenvalue weighted by Gasteiger charge is -2.42. The number of ketones is 1. The number of ether oxygens (including phenoxy) is 3. The molecule has 160 valence electrons. The summed E-state index contributed by atoms with van der Waals surface area (Å²) in [7, 11) is 0. The summed E-state index contributed by atoms with van der Waals surface area (Å²) in [6.07, 6.45) is -0.857. The summed E-state index contributed by atoms with van der Waals surface area (Å²) in [6, 6.07) is 0. The molecule has 28 heavy (non-hydrogen) atoms. The van der Waals surface area contributed by atoms with E-state index in [2.05, 4.69) is 5.43 Å². The highest BCUT2D eigenvalue weighted by atomic mass is 16.6. The quantitative estimate of drug-likeness (QED) is 0.335. The van der Waals surface area contributed by atoms with Crippen molar-refractivity contribution in [3.8, 4) is 0 Å². The first-order valence-electron chi connectivity index (χ1n) is 9.46. The average molecular weight is 400 g/mol. The van der Waals surface area contributed by atoms with Gasteiger partial charge in [-0.05, 0) is 67.7 Å². The summed E-state index contributed by atoms with van der Waals surface area (Å²) in [5.74, 6) is -1.42. The number of esters is 1. The molecule has 1 rings (SSSR count). The minimum Gasteiger partial charge on any atom is -0.464 e. The van der Waals surface area contributed by atoms with E-state index in [0.29, 0.717) is 17.9 Å². The van der Waals surface area contributed by atoms with Crippen molar-refractivity contribution in [1.82, 2.24) is 10.4 Å². The Morgan fingerprint density at radius 1 is 1.04 bits per heavy atom. The van der Waals surface area contributed by atoms with E-state index in [0.717, 1.165) is 0 Å². The van der Waals surface area contributed by atoms with Crippen molar-refractivity contribution in [2.75, 3.05) is 6.61 Å². The number of rotatable bonds is 3. The van der Waals surface area contributed by atoms with Crippen LogP contribution in [0.5, 0.6) is 0 Å². The molecule has 0 radical (unpaired) electrons. The van der Waals surface area contributed by atoms with Crippen LogP contribution in [0.3, 0.4) is 0 Å². The average Bonchev–Trinajstić information content (AvgIpc) is 2.50. The predicted molar refractivity (Wildman–Crippen MR) is 100 cm³/mol. The Morgan fingerprint density at radius 3 is 2.07 bits per heavy atom. The van der Waals surface area contributed by atoms with Crippen LogP contribution in [0.2, 0.25) is 0 Å². The van der Waals surface area contributed by atoms with Crippen molar-refractivity contribution in [3.63, 3.8) is 0 Å². The molecule has 0 saturated heterocycles. The second-order valence-corrected chi connectivity index (χ2v) is 8.64. The minimum absolute atomic E-state index is 0.0136. The van der Waals surface area contributed by atoms with Crippen LogP contribution >= 0.6 is 0 Å². The van der Waals surface area contributed by atoms with E-state index in [4.69, 9.17) is 14.2 Å². The maximum atomic E-state index is 12.9. The van der Waals surface area contributed by atoms with Gasteiger partial charge in [0, 0.05) is 6.42 Å². The number of nitrogens with zero attached hydrogens (tertiary/aromatic N) is 1. The Kier molecular flexibility index (Phi) is 7.45. The van der Waals surface area contributed by atoms with Crippen molar-refractivity contribution < 1.29 is 33.4 Å². The number of carbonyl (C=O) groups is 4. The lowest BCUT2D eigenvalue weighted by Crippen LogP contribution is -2.69. The molecule has 1 aliphatic carbocycles. The number of hydrazine groups is 1. The number of nitrogens with one attached hydrogen (secondary N) is 1. The normalized spacial score (nSPS) is 20.2. The third-order valence-corrected chi connectivity index (χ3v) is 3.83. The first-order chi connectivity index (χ1) is 12.7. The molecule has 2 amide bonds. The molecule has 1 N–H and O–H groups in total. The summed E-state index contributed by atoms with van der Waals surface area (Å²) in [6.45, 7) is 11.5. The highest BCUT2D eigenvalue weighted by Crippen LogP contribution is 2.33. The molecule has 0 bridgehead atoms. The van der Waals surface area contributed by atoms with Crippen LogP contribution in [-0.2, 0) is 23.8 Å². The highest BCUT2D eigenvalue weighted by Gasteiger charge is 2.57. The zero-order valence-corrected chi connectivity index (χ0v) is 17.8. The van der Waals surface area contributed by atoms with Crippen molar-refractivity contribution >= 4 is 23.9 Å².